The van der Waals surface area contributed by atoms with Crippen LogP contribution >= 0.6 is 0 Å². The molecule has 0 amide bonds. The number of ether oxygens (including phenoxy) is 5. The number of aliphatic hydroxyl groups is 4. The number of anilines is 1. The SMILES string of the molecule is CCC1(C)OC(C)(OC2(C)C(C)(OC3(C)C(C)(n4cnc5c(N)ncnc54)OC(C)(C)C3(C)O)OC(C)(CC)C2(C)O)C(C)(O)C1(C)O. The van der Waals surface area contributed by atoms with Gasteiger partial charge in [0, 0.05) is 0 Å². The van der Waals surface area contributed by atoms with Gasteiger partial charge in [-0.05, 0) is 103 Å². The molecule has 0 aliphatic carbocycles. The molecule has 272 valence electrons. The van der Waals surface area contributed by atoms with Crippen molar-refractivity contribution in [3.8, 4) is 0 Å². The van der Waals surface area contributed by atoms with E-state index in [0.29, 0.717) is 24.0 Å². The second-order valence-electron chi connectivity index (χ2n) is 16.5. The molecule has 3 aliphatic rings. The summed E-state index contributed by atoms with van der Waals surface area (Å²) in [6.07, 6.45) is 3.49. The minimum atomic E-state index is -1.99. The van der Waals surface area contributed by atoms with Crippen LogP contribution in [0, 0.1) is 0 Å². The highest BCUT2D eigenvalue weighted by Crippen LogP contribution is 2.65. The standard InChI is InChI=1S/C34H57N5O9/c1-16-24(5)27(8,41)29(10,43)33(14,45-24)48-31(12)28(9,42)25(6,17-2)46-34(31,15)47-30(11)26(7,40)23(3,4)44-32(30,13)39-19-38-20-21(35)36-18-37-22(20)39/h18-19,40-43H,16-17H2,1-15H3,(H2,35,36,37). The Labute approximate surface area is 283 Å². The van der Waals surface area contributed by atoms with Gasteiger partial charge in [-0.1, -0.05) is 13.8 Å². The molecule has 2 aromatic rings. The number of nitrogens with zero attached hydrogens (tertiary/aromatic N) is 4. The van der Waals surface area contributed by atoms with Gasteiger partial charge in [-0.25, -0.2) is 15.0 Å². The number of rotatable bonds is 7. The highest BCUT2D eigenvalue weighted by molar-refractivity contribution is 5.81. The predicted molar refractivity (Wildman–Crippen MR) is 176 cm³/mol. The van der Waals surface area contributed by atoms with Crippen molar-refractivity contribution in [2.24, 2.45) is 0 Å². The minimum Gasteiger partial charge on any atom is -0.384 e. The third-order valence-corrected chi connectivity index (χ3v) is 13.9. The van der Waals surface area contributed by atoms with Crippen molar-refractivity contribution < 1.29 is 44.1 Å². The molecule has 0 radical (unpaired) electrons. The lowest BCUT2D eigenvalue weighted by Crippen LogP contribution is -2.73. The molecular weight excluding hydrogens is 622 g/mol. The van der Waals surface area contributed by atoms with Gasteiger partial charge in [0.15, 0.2) is 34.4 Å². The molecular formula is C34H57N5O9. The number of hydrogen-bond donors (Lipinski definition) is 5. The summed E-state index contributed by atoms with van der Waals surface area (Å²) >= 11 is 0. The van der Waals surface area contributed by atoms with Crippen LogP contribution in [0.2, 0.25) is 0 Å². The first-order chi connectivity index (χ1) is 21.4. The third kappa shape index (κ3) is 3.92. The number of aromatic nitrogens is 4. The molecule has 11 unspecified atom stereocenters. The summed E-state index contributed by atoms with van der Waals surface area (Å²) in [5.74, 6) is -3.63. The molecule has 0 bridgehead atoms. The van der Waals surface area contributed by atoms with E-state index in [-0.39, 0.29) is 5.82 Å². The topological polar surface area (TPSA) is 197 Å². The maximum Gasteiger partial charge on any atom is 0.199 e. The second kappa shape index (κ2) is 9.86. The highest BCUT2D eigenvalue weighted by Gasteiger charge is 2.83. The maximum absolute atomic E-state index is 12.6. The summed E-state index contributed by atoms with van der Waals surface area (Å²) in [7, 11) is 0. The Morgan fingerprint density at radius 2 is 1.15 bits per heavy atom. The van der Waals surface area contributed by atoms with Gasteiger partial charge in [0.05, 0.1) is 11.9 Å². The summed E-state index contributed by atoms with van der Waals surface area (Å²) in [5, 5.41) is 49.0. The molecule has 14 heteroatoms. The average Bonchev–Trinajstić information content (AvgIpc) is 3.50. The molecule has 0 aromatic carbocycles. The van der Waals surface area contributed by atoms with Crippen molar-refractivity contribution in [1.82, 2.24) is 19.5 Å². The van der Waals surface area contributed by atoms with Crippen molar-refractivity contribution in [2.45, 2.75) is 184 Å². The van der Waals surface area contributed by atoms with Gasteiger partial charge in [-0.2, -0.15) is 0 Å². The van der Waals surface area contributed by atoms with Gasteiger partial charge in [0.25, 0.3) is 0 Å². The molecule has 0 saturated carbocycles. The van der Waals surface area contributed by atoms with E-state index < -0.39 is 67.7 Å². The predicted octanol–water partition coefficient (Wildman–Crippen LogP) is 3.27. The van der Waals surface area contributed by atoms with Crippen LogP contribution in [0.4, 0.5) is 5.82 Å². The molecule has 5 rings (SSSR count). The molecule has 14 nitrogen and oxygen atoms in total. The molecule has 48 heavy (non-hydrogen) atoms. The van der Waals surface area contributed by atoms with Crippen LogP contribution in [0.5, 0.6) is 0 Å². The quantitative estimate of drug-likeness (QED) is 0.286. The van der Waals surface area contributed by atoms with Crippen LogP contribution < -0.4 is 5.73 Å². The Balaban J connectivity index is 1.74. The van der Waals surface area contributed by atoms with Gasteiger partial charge >= 0.3 is 0 Å². The number of hydrogen-bond acceptors (Lipinski definition) is 13. The monoisotopic (exact) mass is 679 g/mol. The fourth-order valence-electron chi connectivity index (χ4n) is 8.56. The zero-order chi connectivity index (χ0) is 36.8. The Kier molecular flexibility index (Phi) is 7.65. The van der Waals surface area contributed by atoms with E-state index in [1.807, 2.05) is 13.8 Å². The number of nitrogen functional groups attached to an aromatic ring is 1. The first-order valence-corrected chi connectivity index (χ1v) is 16.7. The van der Waals surface area contributed by atoms with E-state index in [0.717, 1.165) is 0 Å². The van der Waals surface area contributed by atoms with Crippen molar-refractivity contribution >= 4 is 17.0 Å². The Morgan fingerprint density at radius 3 is 1.67 bits per heavy atom. The zero-order valence-corrected chi connectivity index (χ0v) is 31.3. The lowest BCUT2D eigenvalue weighted by atomic mass is 9.69. The van der Waals surface area contributed by atoms with Gasteiger partial charge in [0.1, 0.15) is 51.1 Å². The minimum absolute atomic E-state index is 0.169. The van der Waals surface area contributed by atoms with Gasteiger partial charge < -0.3 is 49.8 Å². The maximum atomic E-state index is 12.6. The van der Waals surface area contributed by atoms with E-state index in [4.69, 9.17) is 29.4 Å². The fourth-order valence-corrected chi connectivity index (χ4v) is 8.56. The summed E-state index contributed by atoms with van der Waals surface area (Å²) in [4.78, 5) is 13.0. The van der Waals surface area contributed by atoms with Crippen LogP contribution in [-0.4, -0.2) is 102 Å². The smallest absolute Gasteiger partial charge is 0.199 e. The van der Waals surface area contributed by atoms with E-state index >= 15 is 0 Å². The largest absolute Gasteiger partial charge is 0.384 e. The first-order valence-electron chi connectivity index (χ1n) is 16.7. The molecule has 2 aromatic heterocycles. The molecule has 3 aliphatic heterocycles. The molecule has 6 N–H and O–H groups in total. The highest BCUT2D eigenvalue weighted by atomic mass is 16.8. The number of nitrogens with two attached hydrogens (primary N) is 1. The van der Waals surface area contributed by atoms with Crippen LogP contribution in [0.1, 0.15) is 117 Å². The van der Waals surface area contributed by atoms with E-state index in [1.54, 1.807) is 73.8 Å². The van der Waals surface area contributed by atoms with E-state index in [1.165, 1.54) is 33.4 Å². The third-order valence-electron chi connectivity index (χ3n) is 13.9. The molecule has 5 heterocycles. The molecule has 3 saturated heterocycles. The van der Waals surface area contributed by atoms with Crippen molar-refractivity contribution in [3.63, 3.8) is 0 Å². The van der Waals surface area contributed by atoms with Crippen molar-refractivity contribution in [2.75, 3.05) is 5.73 Å². The Hall–Kier alpha value is -2.01. The van der Waals surface area contributed by atoms with Gasteiger partial charge in [-0.3, -0.25) is 4.57 Å². The molecule has 11 atom stereocenters. The number of imidazole rings is 1. The lowest BCUT2D eigenvalue weighted by molar-refractivity contribution is -0.415. The van der Waals surface area contributed by atoms with Gasteiger partial charge in [0.2, 0.25) is 0 Å². The van der Waals surface area contributed by atoms with Crippen LogP contribution in [0.25, 0.3) is 11.2 Å². The van der Waals surface area contributed by atoms with Crippen molar-refractivity contribution in [3.05, 3.63) is 12.7 Å². The second-order valence-corrected chi connectivity index (χ2v) is 16.5. The fraction of sp³-hybridized carbons (Fsp3) is 0.853. The van der Waals surface area contributed by atoms with E-state index in [2.05, 4.69) is 15.0 Å². The lowest BCUT2D eigenvalue weighted by Gasteiger charge is -2.55. The number of fused-ring (bicyclic) bond motifs is 1. The molecule has 3 fully saturated rings. The Morgan fingerprint density at radius 1 is 0.646 bits per heavy atom. The van der Waals surface area contributed by atoms with Crippen LogP contribution in [0.15, 0.2) is 12.7 Å². The zero-order valence-electron chi connectivity index (χ0n) is 31.3. The van der Waals surface area contributed by atoms with Crippen molar-refractivity contribution in [1.29, 1.82) is 0 Å². The summed E-state index contributed by atoms with van der Waals surface area (Å²) < 4.78 is 35.9. The first kappa shape index (κ1) is 37.3. The van der Waals surface area contributed by atoms with Crippen LogP contribution in [0.3, 0.4) is 0 Å². The Bertz CT molecular complexity index is 1630. The van der Waals surface area contributed by atoms with Crippen LogP contribution in [-0.2, 0) is 29.4 Å². The normalized spacial score (nSPS) is 52.1. The summed E-state index contributed by atoms with van der Waals surface area (Å²) in [6, 6.07) is 0. The van der Waals surface area contributed by atoms with Gasteiger partial charge in [-0.15, -0.1) is 0 Å². The average molecular weight is 680 g/mol. The van der Waals surface area contributed by atoms with E-state index in [9.17, 15) is 20.4 Å². The summed E-state index contributed by atoms with van der Waals surface area (Å²) in [5.41, 5.74) is -9.37. The molecule has 0 spiro atoms. The summed E-state index contributed by atoms with van der Waals surface area (Å²) in [6.45, 7) is 25.1.